The standard InChI is InChI=1S/C27H39N5O4/c1-6-35-23(33)9-10-29-26(34)32-12-11-31(15-22(32)17(2)3)25-20(14-28)19-13-27(4,5)36-16-21(19)24(30-25)18-7-8-18/h17-18,22H,6-13,15-16H2,1-5H3,(H,29,34). The molecule has 3 heterocycles. The van der Waals surface area contributed by atoms with E-state index in [0.717, 1.165) is 35.5 Å². The van der Waals surface area contributed by atoms with Gasteiger partial charge in [0.25, 0.3) is 0 Å². The highest BCUT2D eigenvalue weighted by atomic mass is 16.5. The van der Waals surface area contributed by atoms with Crippen LogP contribution in [0.15, 0.2) is 0 Å². The number of nitrogens with one attached hydrogen (secondary N) is 1. The largest absolute Gasteiger partial charge is 0.466 e. The zero-order chi connectivity index (χ0) is 26.0. The summed E-state index contributed by atoms with van der Waals surface area (Å²) >= 11 is 0. The number of pyridine rings is 1. The number of nitriles is 1. The Kier molecular flexibility index (Phi) is 7.74. The van der Waals surface area contributed by atoms with Crippen LogP contribution in [0.5, 0.6) is 0 Å². The SMILES string of the molecule is CCOC(=O)CCNC(=O)N1CCN(c2nc(C3CC3)c3c(c2C#N)CC(C)(C)OC3)CC1C(C)C. The third-order valence-corrected chi connectivity index (χ3v) is 7.37. The summed E-state index contributed by atoms with van der Waals surface area (Å²) in [6.07, 6.45) is 3.10. The highest BCUT2D eigenvalue weighted by Gasteiger charge is 2.39. The Hall–Kier alpha value is -2.86. The van der Waals surface area contributed by atoms with E-state index in [1.807, 2.05) is 4.90 Å². The molecule has 9 nitrogen and oxygen atoms in total. The van der Waals surface area contributed by atoms with Crippen LogP contribution in [0.2, 0.25) is 0 Å². The summed E-state index contributed by atoms with van der Waals surface area (Å²) in [4.78, 5) is 33.8. The molecule has 0 spiro atoms. The van der Waals surface area contributed by atoms with Gasteiger partial charge in [-0.2, -0.15) is 5.26 Å². The van der Waals surface area contributed by atoms with Crippen molar-refractivity contribution in [3.8, 4) is 6.07 Å². The van der Waals surface area contributed by atoms with E-state index >= 15 is 0 Å². The molecule has 1 saturated heterocycles. The Morgan fingerprint density at radius 1 is 1.28 bits per heavy atom. The topological polar surface area (TPSA) is 108 Å². The Balaban J connectivity index is 1.56. The van der Waals surface area contributed by atoms with Crippen LogP contribution in [0.4, 0.5) is 10.6 Å². The van der Waals surface area contributed by atoms with Crippen LogP contribution >= 0.6 is 0 Å². The Bertz CT molecular complexity index is 1040. The second-order valence-electron chi connectivity index (χ2n) is 11.0. The molecule has 1 aromatic heterocycles. The van der Waals surface area contributed by atoms with E-state index in [-0.39, 0.29) is 42.5 Å². The molecule has 1 saturated carbocycles. The molecule has 0 aromatic carbocycles. The summed E-state index contributed by atoms with van der Waals surface area (Å²) in [5.41, 5.74) is 3.62. The monoisotopic (exact) mass is 497 g/mol. The lowest BCUT2D eigenvalue weighted by Crippen LogP contribution is -2.59. The number of carbonyl (C=O) groups is 2. The molecule has 1 aromatic rings. The van der Waals surface area contributed by atoms with Gasteiger partial charge in [0, 0.05) is 44.1 Å². The van der Waals surface area contributed by atoms with Crippen molar-refractivity contribution in [3.05, 3.63) is 22.4 Å². The van der Waals surface area contributed by atoms with Gasteiger partial charge in [-0.3, -0.25) is 4.79 Å². The van der Waals surface area contributed by atoms with Gasteiger partial charge in [-0.1, -0.05) is 13.8 Å². The van der Waals surface area contributed by atoms with Crippen molar-refractivity contribution in [2.75, 3.05) is 37.7 Å². The van der Waals surface area contributed by atoms with Crippen LogP contribution in [0.3, 0.4) is 0 Å². The van der Waals surface area contributed by atoms with Crippen LogP contribution < -0.4 is 10.2 Å². The minimum Gasteiger partial charge on any atom is -0.466 e. The van der Waals surface area contributed by atoms with Gasteiger partial charge in [0.2, 0.25) is 0 Å². The molecule has 2 amide bonds. The van der Waals surface area contributed by atoms with E-state index in [4.69, 9.17) is 14.5 Å². The fraction of sp³-hybridized carbons (Fsp3) is 0.704. The van der Waals surface area contributed by atoms with Gasteiger partial charge in [0.05, 0.1) is 42.5 Å². The number of aromatic nitrogens is 1. The van der Waals surface area contributed by atoms with Crippen LogP contribution in [0.1, 0.15) is 82.2 Å². The number of fused-ring (bicyclic) bond motifs is 1. The number of hydrogen-bond acceptors (Lipinski definition) is 7. The van der Waals surface area contributed by atoms with E-state index in [1.165, 1.54) is 0 Å². The number of anilines is 1. The number of rotatable bonds is 7. The van der Waals surface area contributed by atoms with E-state index in [0.29, 0.717) is 50.8 Å². The molecule has 1 unspecified atom stereocenters. The molecular formula is C27H39N5O4. The molecule has 36 heavy (non-hydrogen) atoms. The number of piperazine rings is 1. The Labute approximate surface area is 214 Å². The molecule has 2 aliphatic heterocycles. The second-order valence-corrected chi connectivity index (χ2v) is 11.0. The molecule has 4 rings (SSSR count). The highest BCUT2D eigenvalue weighted by Crippen LogP contribution is 2.46. The molecule has 0 bridgehead atoms. The lowest BCUT2D eigenvalue weighted by Gasteiger charge is -2.44. The van der Waals surface area contributed by atoms with Gasteiger partial charge in [-0.25, -0.2) is 9.78 Å². The number of ether oxygens (including phenoxy) is 2. The fourth-order valence-electron chi connectivity index (χ4n) is 5.25. The zero-order valence-corrected chi connectivity index (χ0v) is 22.2. The first-order valence-electron chi connectivity index (χ1n) is 13.2. The van der Waals surface area contributed by atoms with Crippen molar-refractivity contribution in [1.82, 2.24) is 15.2 Å². The quantitative estimate of drug-likeness (QED) is 0.575. The van der Waals surface area contributed by atoms with Gasteiger partial charge < -0.3 is 24.6 Å². The number of urea groups is 1. The molecule has 0 radical (unpaired) electrons. The first-order valence-corrected chi connectivity index (χ1v) is 13.2. The van der Waals surface area contributed by atoms with E-state index < -0.39 is 0 Å². The average Bonchev–Trinajstić information content (AvgIpc) is 3.67. The summed E-state index contributed by atoms with van der Waals surface area (Å²) in [7, 11) is 0. The lowest BCUT2D eigenvalue weighted by molar-refractivity contribution is -0.142. The van der Waals surface area contributed by atoms with Crippen molar-refractivity contribution in [2.24, 2.45) is 5.92 Å². The number of hydrogen-bond donors (Lipinski definition) is 1. The fourth-order valence-corrected chi connectivity index (χ4v) is 5.25. The van der Waals surface area contributed by atoms with E-state index in [2.05, 4.69) is 44.0 Å². The van der Waals surface area contributed by atoms with Gasteiger partial charge >= 0.3 is 12.0 Å². The number of nitrogens with zero attached hydrogens (tertiary/aromatic N) is 4. The molecule has 3 aliphatic rings. The van der Waals surface area contributed by atoms with Gasteiger partial charge in [0.15, 0.2) is 0 Å². The summed E-state index contributed by atoms with van der Waals surface area (Å²) in [5, 5.41) is 13.1. The highest BCUT2D eigenvalue weighted by molar-refractivity contribution is 5.76. The molecule has 9 heteroatoms. The molecule has 2 fully saturated rings. The minimum atomic E-state index is -0.321. The maximum Gasteiger partial charge on any atom is 0.317 e. The second kappa shape index (κ2) is 10.6. The Morgan fingerprint density at radius 3 is 2.67 bits per heavy atom. The molecule has 1 aliphatic carbocycles. The van der Waals surface area contributed by atoms with Crippen LogP contribution in [-0.2, 0) is 27.3 Å². The number of amides is 2. The van der Waals surface area contributed by atoms with Crippen LogP contribution in [-0.4, -0.2) is 66.3 Å². The normalized spacial score (nSPS) is 21.1. The van der Waals surface area contributed by atoms with E-state index in [1.54, 1.807) is 6.92 Å². The molecule has 1 atom stereocenters. The van der Waals surface area contributed by atoms with Crippen molar-refractivity contribution >= 4 is 17.8 Å². The third-order valence-electron chi connectivity index (χ3n) is 7.37. The third kappa shape index (κ3) is 5.59. The predicted molar refractivity (Wildman–Crippen MR) is 136 cm³/mol. The molecular weight excluding hydrogens is 458 g/mol. The average molecular weight is 498 g/mol. The maximum absolute atomic E-state index is 13.0. The van der Waals surface area contributed by atoms with Crippen molar-refractivity contribution in [1.29, 1.82) is 5.26 Å². The summed E-state index contributed by atoms with van der Waals surface area (Å²) in [5.74, 6) is 1.10. The van der Waals surface area contributed by atoms with Gasteiger partial charge in [-0.05, 0) is 45.1 Å². The van der Waals surface area contributed by atoms with Crippen molar-refractivity contribution in [2.45, 2.75) is 84.5 Å². The van der Waals surface area contributed by atoms with Gasteiger partial charge in [-0.15, -0.1) is 0 Å². The number of esters is 1. The Morgan fingerprint density at radius 2 is 2.03 bits per heavy atom. The first-order chi connectivity index (χ1) is 17.1. The summed E-state index contributed by atoms with van der Waals surface area (Å²) < 4.78 is 11.0. The van der Waals surface area contributed by atoms with Crippen LogP contribution in [0, 0.1) is 17.2 Å². The maximum atomic E-state index is 13.0. The van der Waals surface area contributed by atoms with Crippen molar-refractivity contribution in [3.63, 3.8) is 0 Å². The minimum absolute atomic E-state index is 0.0464. The smallest absolute Gasteiger partial charge is 0.317 e. The zero-order valence-electron chi connectivity index (χ0n) is 22.2. The van der Waals surface area contributed by atoms with Crippen LogP contribution in [0.25, 0.3) is 0 Å². The van der Waals surface area contributed by atoms with Gasteiger partial charge in [0.1, 0.15) is 11.9 Å². The molecule has 1 N–H and O–H groups in total. The lowest BCUT2D eigenvalue weighted by atomic mass is 9.87. The number of carbonyl (C=O) groups excluding carboxylic acids is 2. The first kappa shape index (κ1) is 26.2. The molecule has 196 valence electrons. The summed E-state index contributed by atoms with van der Waals surface area (Å²) in [6.45, 7) is 12.9. The summed E-state index contributed by atoms with van der Waals surface area (Å²) in [6, 6.07) is 2.26. The van der Waals surface area contributed by atoms with E-state index in [9.17, 15) is 14.9 Å². The van der Waals surface area contributed by atoms with Crippen molar-refractivity contribution < 1.29 is 19.1 Å². The predicted octanol–water partition coefficient (Wildman–Crippen LogP) is 3.49.